The van der Waals surface area contributed by atoms with Crippen LogP contribution in [0.3, 0.4) is 0 Å². The molecule has 1 amide bonds. The summed E-state index contributed by atoms with van der Waals surface area (Å²) in [5.74, 6) is 2.85. The van der Waals surface area contributed by atoms with E-state index in [0.717, 1.165) is 13.0 Å². The van der Waals surface area contributed by atoms with Gasteiger partial charge in [-0.3, -0.25) is 4.79 Å². The standard InChI is InChI=1S/C11H16N2O2/c1-2-3-4-8(14)13-10-9(12)7-5-6-15-11(7)10/h1,7,9-11H,3-6,12H2,(H,13,14). The normalized spacial score (nSPS) is 37.6. The molecule has 1 saturated carbocycles. The minimum absolute atomic E-state index is 0.0113. The molecule has 1 heterocycles. The average Bonchev–Trinajstić information content (AvgIpc) is 2.67. The maximum atomic E-state index is 11.4. The molecule has 0 radical (unpaired) electrons. The van der Waals surface area contributed by atoms with Gasteiger partial charge in [-0.15, -0.1) is 12.3 Å². The van der Waals surface area contributed by atoms with Gasteiger partial charge in [0, 0.05) is 31.4 Å². The Morgan fingerprint density at radius 3 is 3.20 bits per heavy atom. The predicted molar refractivity (Wildman–Crippen MR) is 55.8 cm³/mol. The molecule has 1 saturated heterocycles. The van der Waals surface area contributed by atoms with Crippen molar-refractivity contribution in [1.29, 1.82) is 0 Å². The zero-order valence-corrected chi connectivity index (χ0v) is 8.61. The number of amides is 1. The van der Waals surface area contributed by atoms with E-state index in [1.54, 1.807) is 0 Å². The third-order valence-corrected chi connectivity index (χ3v) is 3.27. The molecule has 0 spiro atoms. The second-order valence-electron chi connectivity index (χ2n) is 4.16. The molecular weight excluding hydrogens is 192 g/mol. The van der Waals surface area contributed by atoms with Crippen molar-refractivity contribution < 1.29 is 9.53 Å². The van der Waals surface area contributed by atoms with Crippen molar-refractivity contribution in [3.05, 3.63) is 0 Å². The molecule has 2 fully saturated rings. The lowest BCUT2D eigenvalue weighted by Gasteiger charge is -2.45. The van der Waals surface area contributed by atoms with Gasteiger partial charge in [-0.1, -0.05) is 0 Å². The van der Waals surface area contributed by atoms with Gasteiger partial charge in [0.2, 0.25) is 5.91 Å². The zero-order valence-electron chi connectivity index (χ0n) is 8.61. The smallest absolute Gasteiger partial charge is 0.221 e. The Labute approximate surface area is 89.5 Å². The van der Waals surface area contributed by atoms with Gasteiger partial charge in [-0.25, -0.2) is 0 Å². The number of nitrogens with one attached hydrogen (secondary N) is 1. The van der Waals surface area contributed by atoms with E-state index in [2.05, 4.69) is 11.2 Å². The van der Waals surface area contributed by atoms with Crippen LogP contribution in [-0.4, -0.2) is 30.7 Å². The fourth-order valence-electron chi connectivity index (χ4n) is 2.37. The van der Waals surface area contributed by atoms with Gasteiger partial charge in [0.25, 0.3) is 0 Å². The molecule has 4 nitrogen and oxygen atoms in total. The summed E-state index contributed by atoms with van der Waals surface area (Å²) < 4.78 is 5.51. The monoisotopic (exact) mass is 208 g/mol. The van der Waals surface area contributed by atoms with Crippen molar-refractivity contribution in [1.82, 2.24) is 5.32 Å². The van der Waals surface area contributed by atoms with E-state index in [0.29, 0.717) is 18.8 Å². The molecule has 0 aromatic carbocycles. The van der Waals surface area contributed by atoms with Gasteiger partial charge in [0.05, 0.1) is 12.1 Å². The molecule has 0 bridgehead atoms. The molecular formula is C11H16N2O2. The van der Waals surface area contributed by atoms with Crippen LogP contribution in [0.5, 0.6) is 0 Å². The van der Waals surface area contributed by atoms with E-state index in [9.17, 15) is 4.79 Å². The van der Waals surface area contributed by atoms with E-state index >= 15 is 0 Å². The lowest BCUT2D eigenvalue weighted by atomic mass is 9.72. The van der Waals surface area contributed by atoms with Gasteiger partial charge < -0.3 is 15.8 Å². The lowest BCUT2D eigenvalue weighted by molar-refractivity contribution is -0.125. The van der Waals surface area contributed by atoms with Gasteiger partial charge in [-0.05, 0) is 6.42 Å². The first-order valence-electron chi connectivity index (χ1n) is 5.34. The second-order valence-corrected chi connectivity index (χ2v) is 4.16. The van der Waals surface area contributed by atoms with Gasteiger partial charge >= 0.3 is 0 Å². The highest BCUT2D eigenvalue weighted by molar-refractivity contribution is 5.76. The molecule has 1 aliphatic carbocycles. The maximum absolute atomic E-state index is 11.4. The van der Waals surface area contributed by atoms with Crippen LogP contribution in [0, 0.1) is 18.3 Å². The van der Waals surface area contributed by atoms with Gasteiger partial charge in [0.1, 0.15) is 0 Å². The Morgan fingerprint density at radius 2 is 2.47 bits per heavy atom. The lowest BCUT2D eigenvalue weighted by Crippen LogP contribution is -2.68. The largest absolute Gasteiger partial charge is 0.376 e. The van der Waals surface area contributed by atoms with Crippen molar-refractivity contribution >= 4 is 5.91 Å². The molecule has 0 aromatic heterocycles. The van der Waals surface area contributed by atoms with E-state index in [-0.39, 0.29) is 24.1 Å². The van der Waals surface area contributed by atoms with Crippen LogP contribution >= 0.6 is 0 Å². The minimum atomic E-state index is -0.0256. The number of nitrogens with two attached hydrogens (primary N) is 1. The van der Waals surface area contributed by atoms with Crippen LogP contribution in [0.25, 0.3) is 0 Å². The van der Waals surface area contributed by atoms with Crippen LogP contribution in [0.4, 0.5) is 0 Å². The fourth-order valence-corrected chi connectivity index (χ4v) is 2.37. The molecule has 3 N–H and O–H groups in total. The Balaban J connectivity index is 1.80. The van der Waals surface area contributed by atoms with Crippen LogP contribution in [0.15, 0.2) is 0 Å². The van der Waals surface area contributed by atoms with Crippen molar-refractivity contribution in [2.24, 2.45) is 11.7 Å². The van der Waals surface area contributed by atoms with Gasteiger partial charge in [0.15, 0.2) is 0 Å². The zero-order chi connectivity index (χ0) is 10.8. The number of carbonyl (C=O) groups excluding carboxylic acids is 1. The number of hydrogen-bond acceptors (Lipinski definition) is 3. The maximum Gasteiger partial charge on any atom is 0.221 e. The Hall–Kier alpha value is -1.05. The van der Waals surface area contributed by atoms with Crippen LogP contribution in [0.2, 0.25) is 0 Å². The van der Waals surface area contributed by atoms with E-state index in [4.69, 9.17) is 16.9 Å². The number of hydrogen-bond donors (Lipinski definition) is 2. The molecule has 15 heavy (non-hydrogen) atoms. The SMILES string of the molecule is C#CCCC(=O)NC1C(N)C2CCOC21. The summed E-state index contributed by atoms with van der Waals surface area (Å²) in [5.41, 5.74) is 5.95. The summed E-state index contributed by atoms with van der Waals surface area (Å²) in [6.07, 6.45) is 7.09. The first-order valence-corrected chi connectivity index (χ1v) is 5.34. The molecule has 4 heteroatoms. The summed E-state index contributed by atoms with van der Waals surface area (Å²) in [5, 5.41) is 2.89. The summed E-state index contributed by atoms with van der Waals surface area (Å²) in [6.45, 7) is 0.764. The topological polar surface area (TPSA) is 64.4 Å². The molecule has 4 unspecified atom stereocenters. The Kier molecular flexibility index (Phi) is 2.94. The third-order valence-electron chi connectivity index (χ3n) is 3.27. The first-order chi connectivity index (χ1) is 7.24. The highest BCUT2D eigenvalue weighted by atomic mass is 16.5. The van der Waals surface area contributed by atoms with Crippen LogP contribution in [0.1, 0.15) is 19.3 Å². The summed E-state index contributed by atoms with van der Waals surface area (Å²) >= 11 is 0. The third kappa shape index (κ3) is 1.85. The highest BCUT2D eigenvalue weighted by Crippen LogP contribution is 2.37. The molecule has 2 rings (SSSR count). The van der Waals surface area contributed by atoms with Crippen molar-refractivity contribution in [2.75, 3.05) is 6.61 Å². The minimum Gasteiger partial charge on any atom is -0.376 e. The summed E-state index contributed by atoms with van der Waals surface area (Å²) in [7, 11) is 0. The number of rotatable bonds is 3. The second kappa shape index (κ2) is 4.21. The van der Waals surface area contributed by atoms with Gasteiger partial charge in [-0.2, -0.15) is 0 Å². The molecule has 82 valence electrons. The quantitative estimate of drug-likeness (QED) is 0.622. The number of fused-ring (bicyclic) bond motifs is 1. The summed E-state index contributed by atoms with van der Waals surface area (Å²) in [6, 6.07) is 0.0371. The number of terminal acetylenes is 1. The van der Waals surface area contributed by atoms with Crippen LogP contribution in [-0.2, 0) is 9.53 Å². The molecule has 4 atom stereocenters. The molecule has 1 aliphatic heterocycles. The van der Waals surface area contributed by atoms with Crippen molar-refractivity contribution in [3.8, 4) is 12.3 Å². The predicted octanol–water partition coefficient (Wildman–Crippen LogP) is -0.369. The Bertz CT molecular complexity index is 297. The first kappa shape index (κ1) is 10.5. The number of ether oxygens (including phenoxy) is 1. The van der Waals surface area contributed by atoms with Crippen molar-refractivity contribution in [2.45, 2.75) is 37.5 Å². The fraction of sp³-hybridized carbons (Fsp3) is 0.727. The van der Waals surface area contributed by atoms with E-state index in [1.165, 1.54) is 0 Å². The highest BCUT2D eigenvalue weighted by Gasteiger charge is 2.52. The average molecular weight is 208 g/mol. The molecule has 2 aliphatic rings. The van der Waals surface area contributed by atoms with E-state index < -0.39 is 0 Å². The Morgan fingerprint density at radius 1 is 1.67 bits per heavy atom. The number of carbonyl (C=O) groups is 1. The van der Waals surface area contributed by atoms with Crippen LogP contribution < -0.4 is 11.1 Å². The van der Waals surface area contributed by atoms with Crippen molar-refractivity contribution in [3.63, 3.8) is 0 Å². The summed E-state index contributed by atoms with van der Waals surface area (Å²) in [4.78, 5) is 11.4. The molecule has 0 aromatic rings. The van der Waals surface area contributed by atoms with E-state index in [1.807, 2.05) is 0 Å².